The lowest BCUT2D eigenvalue weighted by atomic mass is 9.99. The lowest BCUT2D eigenvalue weighted by Crippen LogP contribution is -2.43. The SMILES string of the molecule is COC(=O)c1cn(C)c2cc(N3CCC(N(C)Cc4c(-c5c(Cl)cccc5Cl)noc4C4CC4)CC3)ccc12. The van der Waals surface area contributed by atoms with Gasteiger partial charge >= 0.3 is 5.97 Å². The minimum Gasteiger partial charge on any atom is -0.465 e. The number of nitrogens with zero attached hydrogens (tertiary/aromatic N) is 4. The van der Waals surface area contributed by atoms with E-state index in [1.54, 1.807) is 0 Å². The van der Waals surface area contributed by atoms with Crippen molar-refractivity contribution in [2.24, 2.45) is 7.05 Å². The van der Waals surface area contributed by atoms with Gasteiger partial charge in [0.25, 0.3) is 0 Å². The summed E-state index contributed by atoms with van der Waals surface area (Å²) >= 11 is 13.1. The highest BCUT2D eigenvalue weighted by atomic mass is 35.5. The Labute approximate surface area is 238 Å². The summed E-state index contributed by atoms with van der Waals surface area (Å²) in [5.41, 5.74) is 5.41. The molecule has 0 unspecified atom stereocenters. The van der Waals surface area contributed by atoms with Gasteiger partial charge in [-0.3, -0.25) is 4.90 Å². The van der Waals surface area contributed by atoms with Gasteiger partial charge in [-0.05, 0) is 63.1 Å². The Hall–Kier alpha value is -3.00. The van der Waals surface area contributed by atoms with Crippen molar-refractivity contribution in [3.63, 3.8) is 0 Å². The van der Waals surface area contributed by atoms with Crippen molar-refractivity contribution in [1.29, 1.82) is 0 Å². The second kappa shape index (κ2) is 10.5. The Balaban J connectivity index is 1.18. The van der Waals surface area contributed by atoms with Crippen LogP contribution in [-0.4, -0.2) is 53.9 Å². The fourth-order valence-corrected chi connectivity index (χ4v) is 6.42. The highest BCUT2D eigenvalue weighted by Gasteiger charge is 2.35. The second-order valence-electron chi connectivity index (χ2n) is 10.7. The third-order valence-corrected chi connectivity index (χ3v) is 8.84. The number of carbonyl (C=O) groups excluding carboxylic acids is 1. The van der Waals surface area contributed by atoms with E-state index in [0.717, 1.165) is 78.8 Å². The number of halogens is 2. The number of carbonyl (C=O) groups is 1. The van der Waals surface area contributed by atoms with Crippen molar-refractivity contribution in [3.05, 3.63) is 69.5 Å². The van der Waals surface area contributed by atoms with Crippen molar-refractivity contribution >= 4 is 45.8 Å². The maximum atomic E-state index is 12.2. The van der Waals surface area contributed by atoms with E-state index >= 15 is 0 Å². The summed E-state index contributed by atoms with van der Waals surface area (Å²) in [6.45, 7) is 2.65. The Morgan fingerprint density at radius 2 is 1.85 bits per heavy atom. The van der Waals surface area contributed by atoms with Gasteiger partial charge in [-0.25, -0.2) is 4.79 Å². The molecule has 0 amide bonds. The standard InChI is InChI=1S/C30H32Cl2N4O3/c1-34(17-23-28(33-39-29(23)18-7-8-18)27-24(31)5-4-6-25(27)32)19-11-13-36(14-12-19)20-9-10-21-22(30(37)38-3)16-35(2)26(21)15-20/h4-6,9-10,15-16,18-19H,7-8,11-14,17H2,1-3H3. The number of aryl methyl sites for hydroxylation is 1. The summed E-state index contributed by atoms with van der Waals surface area (Å²) in [6.07, 6.45) is 6.19. The minimum absolute atomic E-state index is 0.310. The molecule has 1 aliphatic carbocycles. The molecule has 7 nitrogen and oxygen atoms in total. The number of benzene rings is 2. The van der Waals surface area contributed by atoms with Crippen molar-refractivity contribution in [3.8, 4) is 11.3 Å². The average molecular weight is 568 g/mol. The Morgan fingerprint density at radius 1 is 1.13 bits per heavy atom. The van der Waals surface area contributed by atoms with Crippen LogP contribution in [0.3, 0.4) is 0 Å². The van der Waals surface area contributed by atoms with E-state index in [1.165, 1.54) is 12.8 Å². The van der Waals surface area contributed by atoms with Crippen LogP contribution in [0.15, 0.2) is 47.1 Å². The van der Waals surface area contributed by atoms with Gasteiger partial charge in [0.15, 0.2) is 0 Å². The number of anilines is 1. The van der Waals surface area contributed by atoms with Crippen LogP contribution in [0.2, 0.25) is 10.0 Å². The molecule has 3 heterocycles. The summed E-state index contributed by atoms with van der Waals surface area (Å²) in [6, 6.07) is 12.3. The molecule has 4 aromatic rings. The topological polar surface area (TPSA) is 63.7 Å². The van der Waals surface area contributed by atoms with E-state index in [-0.39, 0.29) is 5.97 Å². The molecule has 0 spiro atoms. The highest BCUT2D eigenvalue weighted by molar-refractivity contribution is 6.39. The van der Waals surface area contributed by atoms with E-state index in [1.807, 2.05) is 42.1 Å². The van der Waals surface area contributed by atoms with E-state index in [0.29, 0.717) is 27.6 Å². The zero-order valence-corrected chi connectivity index (χ0v) is 23.9. The first-order valence-corrected chi connectivity index (χ1v) is 14.2. The summed E-state index contributed by atoms with van der Waals surface area (Å²) < 4.78 is 12.8. The maximum Gasteiger partial charge on any atom is 0.340 e. The Bertz CT molecular complexity index is 1510. The Morgan fingerprint density at radius 3 is 2.51 bits per heavy atom. The van der Waals surface area contributed by atoms with E-state index < -0.39 is 0 Å². The fourth-order valence-electron chi connectivity index (χ4n) is 5.85. The molecule has 0 atom stereocenters. The highest BCUT2D eigenvalue weighted by Crippen LogP contribution is 2.46. The molecule has 0 bridgehead atoms. The first kappa shape index (κ1) is 26.2. The third-order valence-electron chi connectivity index (χ3n) is 8.21. The number of piperidine rings is 1. The summed E-state index contributed by atoms with van der Waals surface area (Å²) in [5.74, 6) is 1.10. The van der Waals surface area contributed by atoms with Gasteiger partial charge in [-0.2, -0.15) is 0 Å². The van der Waals surface area contributed by atoms with E-state index in [2.05, 4.69) is 34.1 Å². The summed E-state index contributed by atoms with van der Waals surface area (Å²) in [5, 5.41) is 6.55. The minimum atomic E-state index is -0.310. The van der Waals surface area contributed by atoms with Crippen LogP contribution >= 0.6 is 23.2 Å². The number of aromatic nitrogens is 2. The molecule has 1 aliphatic heterocycles. The molecular formula is C30H32Cl2N4O3. The number of fused-ring (bicyclic) bond motifs is 1. The van der Waals surface area contributed by atoms with Gasteiger partial charge < -0.3 is 18.7 Å². The van der Waals surface area contributed by atoms with Crippen LogP contribution in [0.1, 0.15) is 53.3 Å². The third kappa shape index (κ3) is 4.92. The lowest BCUT2D eigenvalue weighted by molar-refractivity contribution is 0.0602. The van der Waals surface area contributed by atoms with E-state index in [9.17, 15) is 4.79 Å². The average Bonchev–Trinajstić information content (AvgIpc) is 3.63. The van der Waals surface area contributed by atoms with Gasteiger partial charge in [0, 0.05) is 67.0 Å². The zero-order chi connectivity index (χ0) is 27.3. The molecule has 9 heteroatoms. The number of esters is 1. The molecule has 204 valence electrons. The molecular weight excluding hydrogens is 535 g/mol. The Kier molecular flexibility index (Phi) is 7.08. The number of methoxy groups -OCH3 is 1. The van der Waals surface area contributed by atoms with Crippen molar-refractivity contribution in [2.75, 3.05) is 32.1 Å². The smallest absolute Gasteiger partial charge is 0.340 e. The molecule has 1 saturated carbocycles. The molecule has 2 aliphatic rings. The largest absolute Gasteiger partial charge is 0.465 e. The number of hydrogen-bond donors (Lipinski definition) is 0. The van der Waals surface area contributed by atoms with E-state index in [4.69, 9.17) is 32.5 Å². The van der Waals surface area contributed by atoms with Gasteiger partial charge in [0.05, 0.1) is 28.2 Å². The van der Waals surface area contributed by atoms with Crippen LogP contribution in [0, 0.1) is 0 Å². The first-order chi connectivity index (χ1) is 18.9. The van der Waals surface area contributed by atoms with Gasteiger partial charge in [0.2, 0.25) is 0 Å². The first-order valence-electron chi connectivity index (χ1n) is 13.4. The molecule has 2 fully saturated rings. The van der Waals surface area contributed by atoms with Crippen LogP contribution in [0.4, 0.5) is 5.69 Å². The monoisotopic (exact) mass is 566 g/mol. The number of hydrogen-bond acceptors (Lipinski definition) is 6. The number of rotatable bonds is 7. The lowest BCUT2D eigenvalue weighted by Gasteiger charge is -2.38. The van der Waals surface area contributed by atoms with Crippen molar-refractivity contribution < 1.29 is 14.1 Å². The fraction of sp³-hybridized carbons (Fsp3) is 0.400. The molecule has 0 N–H and O–H groups in total. The molecule has 6 rings (SSSR count). The zero-order valence-electron chi connectivity index (χ0n) is 22.4. The van der Waals surface area contributed by atoms with Crippen LogP contribution in [-0.2, 0) is 18.3 Å². The molecule has 39 heavy (non-hydrogen) atoms. The van der Waals surface area contributed by atoms with Gasteiger partial charge in [-0.1, -0.05) is 34.4 Å². The quantitative estimate of drug-likeness (QED) is 0.226. The van der Waals surface area contributed by atoms with Crippen LogP contribution < -0.4 is 4.90 Å². The molecule has 2 aromatic heterocycles. The predicted molar refractivity (Wildman–Crippen MR) is 155 cm³/mol. The molecule has 2 aromatic carbocycles. The number of ether oxygens (including phenoxy) is 1. The second-order valence-corrected chi connectivity index (χ2v) is 11.5. The molecule has 1 saturated heterocycles. The molecule has 0 radical (unpaired) electrons. The maximum absolute atomic E-state index is 12.2. The van der Waals surface area contributed by atoms with Crippen LogP contribution in [0.5, 0.6) is 0 Å². The summed E-state index contributed by atoms with van der Waals surface area (Å²) in [7, 11) is 5.57. The normalized spacial score (nSPS) is 16.4. The van der Waals surface area contributed by atoms with Gasteiger partial charge in [-0.15, -0.1) is 0 Å². The van der Waals surface area contributed by atoms with Crippen LogP contribution in [0.25, 0.3) is 22.2 Å². The predicted octanol–water partition coefficient (Wildman–Crippen LogP) is 6.90. The van der Waals surface area contributed by atoms with Crippen molar-refractivity contribution in [2.45, 2.75) is 44.2 Å². The van der Waals surface area contributed by atoms with Crippen molar-refractivity contribution in [1.82, 2.24) is 14.6 Å². The summed E-state index contributed by atoms with van der Waals surface area (Å²) in [4.78, 5) is 17.0. The van der Waals surface area contributed by atoms with Gasteiger partial charge in [0.1, 0.15) is 11.5 Å².